The molecule has 1 atom stereocenters. The maximum absolute atomic E-state index is 14.3. The van der Waals surface area contributed by atoms with E-state index in [1.807, 2.05) is 11.8 Å². The quantitative estimate of drug-likeness (QED) is 0.667. The highest BCUT2D eigenvalue weighted by Crippen LogP contribution is 2.35. The average Bonchev–Trinajstić information content (AvgIpc) is 2.50. The van der Waals surface area contributed by atoms with Gasteiger partial charge in [-0.3, -0.25) is 10.1 Å². The number of hydrogen-bond acceptors (Lipinski definition) is 5. The maximum Gasteiger partial charge on any atom is 0.313 e. The van der Waals surface area contributed by atoms with E-state index >= 15 is 0 Å². The Morgan fingerprint density at radius 2 is 2.33 bits per heavy atom. The molecule has 1 aromatic rings. The number of nitrogens with zero attached hydrogens (tertiary/aromatic N) is 2. The van der Waals surface area contributed by atoms with Crippen LogP contribution >= 0.6 is 0 Å². The SMILES string of the molecule is CCN(c1cc(OC)c([N+](=O)[O-])cc1F)C1CCCNC1. The van der Waals surface area contributed by atoms with Crippen molar-refractivity contribution in [3.63, 3.8) is 0 Å². The lowest BCUT2D eigenvalue weighted by Crippen LogP contribution is -2.46. The number of methoxy groups -OCH3 is 1. The number of nitro benzene ring substituents is 1. The number of ether oxygens (including phenoxy) is 1. The molecular weight excluding hydrogens is 277 g/mol. The van der Waals surface area contributed by atoms with Crippen LogP contribution in [0, 0.1) is 15.9 Å². The van der Waals surface area contributed by atoms with Crippen LogP contribution in [0.5, 0.6) is 5.75 Å². The van der Waals surface area contributed by atoms with Gasteiger partial charge >= 0.3 is 5.69 Å². The predicted octanol–water partition coefficient (Wildman–Crippen LogP) is 2.32. The van der Waals surface area contributed by atoms with Gasteiger partial charge in [-0.25, -0.2) is 4.39 Å². The summed E-state index contributed by atoms with van der Waals surface area (Å²) in [7, 11) is 1.35. The second kappa shape index (κ2) is 6.71. The van der Waals surface area contributed by atoms with Crippen LogP contribution in [0.3, 0.4) is 0 Å². The zero-order valence-electron chi connectivity index (χ0n) is 12.3. The van der Waals surface area contributed by atoms with Crippen LogP contribution in [0.15, 0.2) is 12.1 Å². The molecule has 7 heteroatoms. The average molecular weight is 297 g/mol. The lowest BCUT2D eigenvalue weighted by molar-refractivity contribution is -0.385. The molecule has 1 aliphatic heterocycles. The van der Waals surface area contributed by atoms with Gasteiger partial charge in [0.25, 0.3) is 0 Å². The molecule has 0 amide bonds. The predicted molar refractivity (Wildman–Crippen MR) is 78.5 cm³/mol. The Morgan fingerprint density at radius 3 is 2.86 bits per heavy atom. The van der Waals surface area contributed by atoms with Crippen LogP contribution in [0.1, 0.15) is 19.8 Å². The van der Waals surface area contributed by atoms with Gasteiger partial charge in [-0.05, 0) is 26.3 Å². The molecule has 116 valence electrons. The van der Waals surface area contributed by atoms with Crippen molar-refractivity contribution in [1.29, 1.82) is 0 Å². The number of benzene rings is 1. The number of hydrogen-bond donors (Lipinski definition) is 1. The van der Waals surface area contributed by atoms with Crippen molar-refractivity contribution >= 4 is 11.4 Å². The Kier molecular flexibility index (Phi) is 4.95. The van der Waals surface area contributed by atoms with E-state index in [0.717, 1.165) is 32.0 Å². The van der Waals surface area contributed by atoms with Gasteiger partial charge in [-0.2, -0.15) is 0 Å². The summed E-state index contributed by atoms with van der Waals surface area (Å²) in [6.45, 7) is 4.33. The van der Waals surface area contributed by atoms with Crippen molar-refractivity contribution in [3.05, 3.63) is 28.1 Å². The van der Waals surface area contributed by atoms with Gasteiger partial charge in [-0.1, -0.05) is 0 Å². The minimum absolute atomic E-state index is 0.0821. The normalized spacial score (nSPS) is 18.3. The highest BCUT2D eigenvalue weighted by Gasteiger charge is 2.26. The Hall–Kier alpha value is -1.89. The molecule has 1 heterocycles. The van der Waals surface area contributed by atoms with E-state index in [9.17, 15) is 14.5 Å². The van der Waals surface area contributed by atoms with Gasteiger partial charge < -0.3 is 15.0 Å². The van der Waals surface area contributed by atoms with E-state index in [1.54, 1.807) is 0 Å². The number of anilines is 1. The third-order valence-electron chi connectivity index (χ3n) is 3.81. The van der Waals surface area contributed by atoms with E-state index < -0.39 is 10.7 Å². The Bertz CT molecular complexity index is 518. The van der Waals surface area contributed by atoms with Crippen LogP contribution in [-0.2, 0) is 0 Å². The summed E-state index contributed by atoms with van der Waals surface area (Å²) in [5.41, 5.74) is 0.00484. The fourth-order valence-electron chi connectivity index (χ4n) is 2.78. The first kappa shape index (κ1) is 15.5. The molecule has 1 saturated heterocycles. The summed E-state index contributed by atoms with van der Waals surface area (Å²) >= 11 is 0. The lowest BCUT2D eigenvalue weighted by atomic mass is 10.0. The van der Waals surface area contributed by atoms with Gasteiger partial charge in [-0.15, -0.1) is 0 Å². The van der Waals surface area contributed by atoms with Crippen molar-refractivity contribution in [3.8, 4) is 5.75 Å². The largest absolute Gasteiger partial charge is 0.490 e. The van der Waals surface area contributed by atoms with Crippen molar-refractivity contribution < 1.29 is 14.1 Å². The second-order valence-electron chi connectivity index (χ2n) is 5.02. The van der Waals surface area contributed by atoms with Crippen molar-refractivity contribution in [2.75, 3.05) is 31.6 Å². The summed E-state index contributed by atoms with van der Waals surface area (Å²) in [5.74, 6) is -0.506. The van der Waals surface area contributed by atoms with Crippen LogP contribution in [0.2, 0.25) is 0 Å². The van der Waals surface area contributed by atoms with E-state index in [2.05, 4.69) is 5.32 Å². The standard InChI is InChI=1S/C14H20FN3O3/c1-3-17(10-5-4-6-16-9-10)12-8-14(21-2)13(18(19)20)7-11(12)15/h7-8,10,16H,3-6,9H2,1-2H3. The Morgan fingerprint density at radius 1 is 1.57 bits per heavy atom. The number of piperidine rings is 1. The van der Waals surface area contributed by atoms with Crippen LogP contribution in [0.25, 0.3) is 0 Å². The third kappa shape index (κ3) is 3.24. The molecule has 21 heavy (non-hydrogen) atoms. The topological polar surface area (TPSA) is 67.6 Å². The van der Waals surface area contributed by atoms with E-state index in [0.29, 0.717) is 12.2 Å². The zero-order valence-corrected chi connectivity index (χ0v) is 12.3. The molecule has 1 fully saturated rings. The minimum atomic E-state index is -0.635. The van der Waals surface area contributed by atoms with E-state index in [4.69, 9.17) is 4.74 Å². The fraction of sp³-hybridized carbons (Fsp3) is 0.571. The molecule has 1 aliphatic rings. The van der Waals surface area contributed by atoms with Crippen molar-refractivity contribution in [1.82, 2.24) is 5.32 Å². The summed E-state index contributed by atoms with van der Waals surface area (Å²) in [5, 5.41) is 14.2. The molecule has 1 unspecified atom stereocenters. The Labute approximate surface area is 123 Å². The van der Waals surface area contributed by atoms with E-state index in [1.165, 1.54) is 13.2 Å². The monoisotopic (exact) mass is 297 g/mol. The molecule has 6 nitrogen and oxygen atoms in total. The van der Waals surface area contributed by atoms with Crippen molar-refractivity contribution in [2.24, 2.45) is 0 Å². The zero-order chi connectivity index (χ0) is 15.4. The molecule has 0 radical (unpaired) electrons. The van der Waals surface area contributed by atoms with Gasteiger partial charge in [0.15, 0.2) is 11.6 Å². The molecule has 0 aliphatic carbocycles. The summed E-state index contributed by atoms with van der Waals surface area (Å²) < 4.78 is 19.3. The summed E-state index contributed by atoms with van der Waals surface area (Å²) in [6, 6.07) is 2.54. The number of halogens is 1. The molecule has 1 N–H and O–H groups in total. The number of rotatable bonds is 5. The fourth-order valence-corrected chi connectivity index (χ4v) is 2.78. The minimum Gasteiger partial charge on any atom is -0.490 e. The maximum atomic E-state index is 14.3. The van der Waals surface area contributed by atoms with Gasteiger partial charge in [0.2, 0.25) is 0 Å². The van der Waals surface area contributed by atoms with Crippen LogP contribution < -0.4 is 15.0 Å². The molecule has 2 rings (SSSR count). The molecule has 0 aromatic heterocycles. The summed E-state index contributed by atoms with van der Waals surface area (Å²) in [4.78, 5) is 12.2. The molecule has 0 saturated carbocycles. The first-order chi connectivity index (χ1) is 10.1. The second-order valence-corrected chi connectivity index (χ2v) is 5.02. The van der Waals surface area contributed by atoms with Crippen molar-refractivity contribution in [2.45, 2.75) is 25.8 Å². The number of nitrogens with one attached hydrogen (secondary N) is 1. The van der Waals surface area contributed by atoms with Crippen LogP contribution in [0.4, 0.5) is 15.8 Å². The highest BCUT2D eigenvalue weighted by molar-refractivity contribution is 5.60. The first-order valence-electron chi connectivity index (χ1n) is 7.07. The molecule has 1 aromatic carbocycles. The third-order valence-corrected chi connectivity index (χ3v) is 3.81. The van der Waals surface area contributed by atoms with E-state index in [-0.39, 0.29) is 17.5 Å². The smallest absolute Gasteiger partial charge is 0.313 e. The molecule has 0 spiro atoms. The Balaban J connectivity index is 2.38. The molecule has 0 bridgehead atoms. The highest BCUT2D eigenvalue weighted by atomic mass is 19.1. The van der Waals surface area contributed by atoms with Gasteiger partial charge in [0, 0.05) is 25.2 Å². The number of likely N-dealkylation sites (N-methyl/N-ethyl adjacent to an activating group) is 1. The van der Waals surface area contributed by atoms with Gasteiger partial charge in [0.1, 0.15) is 0 Å². The first-order valence-corrected chi connectivity index (χ1v) is 7.07. The van der Waals surface area contributed by atoms with Crippen LogP contribution in [-0.4, -0.2) is 37.7 Å². The number of nitro groups is 1. The lowest BCUT2D eigenvalue weighted by Gasteiger charge is -2.35. The van der Waals surface area contributed by atoms with Gasteiger partial charge in [0.05, 0.1) is 23.8 Å². The summed E-state index contributed by atoms with van der Waals surface area (Å²) in [6.07, 6.45) is 2.01. The molecular formula is C14H20FN3O3.